The first-order valence-electron chi connectivity index (χ1n) is 50.8. The van der Waals surface area contributed by atoms with Gasteiger partial charge in [0.25, 0.3) is 0 Å². The van der Waals surface area contributed by atoms with E-state index < -0.39 is 180 Å². The number of methoxy groups -OCH3 is 1. The molecule has 0 spiro atoms. The van der Waals surface area contributed by atoms with Gasteiger partial charge in [0, 0.05) is 88.3 Å². The number of aliphatic imine (C=N–C) groups is 1. The van der Waals surface area contributed by atoms with E-state index in [2.05, 4.69) is 78.8 Å². The lowest BCUT2D eigenvalue weighted by atomic mass is 9.84. The van der Waals surface area contributed by atoms with Gasteiger partial charge in [0.05, 0.1) is 54.7 Å². The summed E-state index contributed by atoms with van der Waals surface area (Å²) in [6, 6.07) is -8.47. The molecule has 3 saturated heterocycles. The zero-order valence-corrected chi connectivity index (χ0v) is 86.3. The van der Waals surface area contributed by atoms with Crippen LogP contribution in [0.3, 0.4) is 0 Å². The van der Waals surface area contributed by atoms with E-state index in [9.17, 15) is 67.7 Å². The third kappa shape index (κ3) is 42.3. The van der Waals surface area contributed by atoms with Crippen molar-refractivity contribution < 1.29 is 91.6 Å². The van der Waals surface area contributed by atoms with Gasteiger partial charge >= 0.3 is 5.97 Å². The maximum Gasteiger partial charge on any atom is 0.326 e. The monoisotopic (exact) mass is 2030 g/mol. The standard InChI is InChI=1S/C98H162ClN23O19S/c1-11-13-15-26-62(5)51-72(116-85(129)69(30-19-21-43-107-95(101)102)113-89(133)77-33-23-46-120(77)93(137)71(31-22-44-108-96(103)104)114-83(127)65(50-61(3)4)55-109-80(124)39-49-142-59-81(125)106-45-25-40-98(8,9)141-48-41-97(6,7)140-10)86(130)119-75(58-123)88(132)117-73(54-67-56-105-60-111-67)87(131)112-68(29-18-20-42-100)84(128)110-57-82(126)122-76-32-17-16-27-64(76)53-79(122)91(135)115-70(28-14-12-2)92(136)121-47-24-34-78(121)90(134)118-74(94(138)139)52-63-35-37-66(99)38-36-63/h35-38,55-56,60-62,64-65,68-79,123H,11-34,39-54,57-59,100H2,1-10H3,(H,105,111)(H,106,125)(H,110,128)(H,112,131)(H,113,133)(H,114,127)(H,115,135)(H,116,129)(H,117,132)(H,118,134)(H,119,130)(H,138,139)(H4,101,102,107)(H4,103,104,108)/b109-55+/t62?,64-,65?,68-,69-,70-,71-,72-,73-,74-,75-,76?,77+,78-,79-/m0/s1. The van der Waals surface area contributed by atoms with Crippen molar-refractivity contribution in [2.75, 3.05) is 77.6 Å². The molecule has 1 aromatic carbocycles. The molecule has 15 atom stereocenters. The Morgan fingerprint density at radius 3 is 1.75 bits per heavy atom. The highest BCUT2D eigenvalue weighted by molar-refractivity contribution is 7.99. The molecule has 796 valence electrons. The number of aliphatic hydroxyl groups is 1. The van der Waals surface area contributed by atoms with Crippen LogP contribution in [0.2, 0.25) is 5.02 Å². The molecular weight excluding hydrogens is 1870 g/mol. The Morgan fingerprint density at radius 2 is 1.13 bits per heavy atom. The number of carbonyl (C=O) groups is 15. The Morgan fingerprint density at radius 1 is 0.592 bits per heavy atom. The average Bonchev–Trinajstić information content (AvgIpc) is 1.63. The quantitative estimate of drug-likeness (QED) is 0.0254. The van der Waals surface area contributed by atoms with Crippen molar-refractivity contribution in [3.05, 3.63) is 53.1 Å². The number of carbonyl (C=O) groups excluding carboxylic acids is 14. The molecule has 1 aliphatic carbocycles. The second-order valence-corrected chi connectivity index (χ2v) is 41.0. The topological polar surface area (TPSA) is 636 Å². The summed E-state index contributed by atoms with van der Waals surface area (Å²) in [5.74, 6) is -12.7. The Balaban J connectivity index is 1.15. The number of carboxylic acid groups (broad SMARTS) is 1. The molecule has 3 aliphatic heterocycles. The minimum absolute atomic E-state index is 0.00243. The molecule has 23 N–H and O–H groups in total. The van der Waals surface area contributed by atoms with Crippen molar-refractivity contribution in [1.29, 1.82) is 10.8 Å². The molecule has 0 radical (unpaired) electrons. The van der Waals surface area contributed by atoms with Crippen LogP contribution in [-0.4, -0.2) is 303 Å². The van der Waals surface area contributed by atoms with E-state index in [1.165, 1.54) is 45.2 Å². The number of aliphatic carboxylic acids is 1. The molecule has 0 bridgehead atoms. The number of amides is 14. The van der Waals surface area contributed by atoms with E-state index in [-0.39, 0.29) is 181 Å². The number of nitrogens with zero attached hydrogens (tertiary/aromatic N) is 5. The van der Waals surface area contributed by atoms with Crippen LogP contribution in [0.25, 0.3) is 0 Å². The van der Waals surface area contributed by atoms with E-state index in [4.69, 9.17) is 49.1 Å². The first kappa shape index (κ1) is 120. The summed E-state index contributed by atoms with van der Waals surface area (Å²) in [5, 5.41) is 70.3. The molecule has 44 heteroatoms. The molecule has 142 heavy (non-hydrogen) atoms. The van der Waals surface area contributed by atoms with Crippen LogP contribution in [0.1, 0.15) is 266 Å². The van der Waals surface area contributed by atoms with Gasteiger partial charge in [0.15, 0.2) is 11.9 Å². The number of unbranched alkanes of at least 4 members (excludes halogenated alkanes) is 5. The van der Waals surface area contributed by atoms with Gasteiger partial charge in [-0.25, -0.2) is 14.8 Å². The molecule has 6 rings (SSSR count). The normalized spacial score (nSPS) is 18.5. The summed E-state index contributed by atoms with van der Waals surface area (Å²) in [7, 11) is 1.67. The van der Waals surface area contributed by atoms with Crippen LogP contribution in [-0.2, 0) is 94.2 Å². The van der Waals surface area contributed by atoms with Crippen LogP contribution in [0.15, 0.2) is 41.8 Å². The molecule has 4 heterocycles. The number of nitrogens with two attached hydrogens (primary N) is 3. The van der Waals surface area contributed by atoms with E-state index in [0.29, 0.717) is 94.4 Å². The number of ether oxygens (including phenoxy) is 2. The molecule has 4 aliphatic rings. The fraction of sp³-hybridized carbons (Fsp3) is 0.724. The third-order valence-corrected chi connectivity index (χ3v) is 27.6. The van der Waals surface area contributed by atoms with Gasteiger partial charge in [-0.15, -0.1) is 0 Å². The second-order valence-electron chi connectivity index (χ2n) is 39.4. The van der Waals surface area contributed by atoms with Gasteiger partial charge < -0.3 is 120 Å². The van der Waals surface area contributed by atoms with Crippen LogP contribution < -0.4 is 81.0 Å². The second kappa shape index (κ2) is 62.8. The lowest BCUT2D eigenvalue weighted by Gasteiger charge is -2.34. The third-order valence-electron chi connectivity index (χ3n) is 26.4. The number of hydrogen-bond acceptors (Lipinski definition) is 23. The minimum atomic E-state index is -1.80. The van der Waals surface area contributed by atoms with Gasteiger partial charge in [0.2, 0.25) is 82.7 Å². The van der Waals surface area contributed by atoms with E-state index >= 15 is 14.4 Å². The zero-order chi connectivity index (χ0) is 105. The number of nitrogens with one attached hydrogen (secondary N) is 15. The van der Waals surface area contributed by atoms with Crippen molar-refractivity contribution >= 4 is 130 Å². The van der Waals surface area contributed by atoms with E-state index in [0.717, 1.165) is 44.9 Å². The molecular formula is C98H162ClN23O19S. The lowest BCUT2D eigenvalue weighted by Crippen LogP contribution is -2.61. The Hall–Kier alpha value is -10.6. The Kier molecular flexibility index (Phi) is 53.1. The number of aromatic amines is 1. The van der Waals surface area contributed by atoms with Crippen LogP contribution in [0.4, 0.5) is 0 Å². The summed E-state index contributed by atoms with van der Waals surface area (Å²) < 4.78 is 11.6. The maximum atomic E-state index is 15.1. The fourth-order valence-corrected chi connectivity index (χ4v) is 19.1. The first-order chi connectivity index (χ1) is 67.6. The number of thioether (sulfide) groups is 1. The van der Waals surface area contributed by atoms with Gasteiger partial charge in [-0.1, -0.05) is 110 Å². The molecule has 1 aromatic heterocycles. The number of rotatable bonds is 66. The molecule has 2 aromatic rings. The van der Waals surface area contributed by atoms with Gasteiger partial charge in [-0.2, -0.15) is 11.8 Å². The number of H-pyrrole nitrogens is 1. The van der Waals surface area contributed by atoms with Gasteiger partial charge in [0.1, 0.15) is 66.5 Å². The van der Waals surface area contributed by atoms with E-state index in [1.807, 2.05) is 62.3 Å². The number of halogens is 1. The van der Waals surface area contributed by atoms with Crippen LogP contribution in [0.5, 0.6) is 0 Å². The molecule has 1 saturated carbocycles. The molecule has 14 amide bonds. The predicted molar refractivity (Wildman–Crippen MR) is 541 cm³/mol. The summed E-state index contributed by atoms with van der Waals surface area (Å²) in [5.41, 5.74) is 17.3. The molecule has 3 unspecified atom stereocenters. The molecule has 42 nitrogen and oxygen atoms in total. The number of guanidine groups is 2. The van der Waals surface area contributed by atoms with Crippen molar-refractivity contribution in [1.82, 2.24) is 88.5 Å². The zero-order valence-electron chi connectivity index (χ0n) is 84.8. The Bertz CT molecular complexity index is 4440. The number of aliphatic hydroxyl groups excluding tert-OH is 1. The number of fused-ring (bicyclic) bond motifs is 1. The lowest BCUT2D eigenvalue weighted by molar-refractivity contribution is -0.145. The van der Waals surface area contributed by atoms with Crippen molar-refractivity contribution in [3.8, 4) is 0 Å². The summed E-state index contributed by atoms with van der Waals surface area (Å²) >= 11 is 7.33. The number of carboxylic acids is 1. The summed E-state index contributed by atoms with van der Waals surface area (Å²) in [6.45, 7) is 17.6. The highest BCUT2D eigenvalue weighted by Gasteiger charge is 2.50. The fourth-order valence-electron chi connectivity index (χ4n) is 18.2. The van der Waals surface area contributed by atoms with Crippen molar-refractivity contribution in [2.45, 2.75) is 351 Å². The number of hydrogen-bond donors (Lipinski definition) is 20. The highest BCUT2D eigenvalue weighted by Crippen LogP contribution is 2.40. The number of likely N-dealkylation sites (tertiary alicyclic amines) is 3. The maximum absolute atomic E-state index is 15.1. The SMILES string of the molecule is CCCCCC(C)C[C@H](NC(=O)[C@H](CCCCNC(=N)N)NC(=O)[C@H]1CCCN1C(=O)[C@H](CCCNC(=N)N)NC(=O)C(/C=N/C(=O)CCSCC(=O)NCCCC(C)(C)OCCC(C)(C)OC)CC(C)C)C(=O)N[C@@H](CO)C(=O)N[C@@H](Cc1c[nH]cn1)C(=O)N[C@@H](CCCCN)C(=O)NCC(=O)N1C2CCCC[C@H]2C[C@H]1C(=O)N[C@@H](CCCC)C(=O)N1CCC[C@H]1C(=O)N[C@@H](Cc1ccc(Cl)cc1)C(=O)O. The number of aromatic nitrogens is 2. The smallest absolute Gasteiger partial charge is 0.326 e. The molecule has 4 fully saturated rings. The summed E-state index contributed by atoms with van der Waals surface area (Å²) in [4.78, 5) is 231. The average molecular weight is 2030 g/mol. The van der Waals surface area contributed by atoms with Crippen molar-refractivity contribution in [2.24, 2.45) is 45.9 Å². The van der Waals surface area contributed by atoms with Gasteiger partial charge in [-0.3, -0.25) is 77.9 Å². The van der Waals surface area contributed by atoms with Gasteiger partial charge in [-0.05, 0) is 205 Å². The largest absolute Gasteiger partial charge is 0.480 e. The number of imidazole rings is 1. The minimum Gasteiger partial charge on any atom is -0.480 e. The first-order valence-corrected chi connectivity index (χ1v) is 52.3. The number of benzene rings is 1. The van der Waals surface area contributed by atoms with Crippen molar-refractivity contribution in [3.63, 3.8) is 0 Å². The predicted octanol–water partition coefficient (Wildman–Crippen LogP) is 3.79. The van der Waals surface area contributed by atoms with Crippen LogP contribution in [0, 0.1) is 34.5 Å². The Labute approximate surface area is 844 Å². The summed E-state index contributed by atoms with van der Waals surface area (Å²) in [6.07, 6.45) is 16.1. The highest BCUT2D eigenvalue weighted by atomic mass is 35.5. The van der Waals surface area contributed by atoms with E-state index in [1.54, 1.807) is 31.4 Å². The van der Waals surface area contributed by atoms with Crippen LogP contribution >= 0.6 is 23.4 Å².